The molecule has 4 heteroatoms. The highest BCUT2D eigenvalue weighted by Gasteiger charge is 2.08. The van der Waals surface area contributed by atoms with Crippen LogP contribution in [0.3, 0.4) is 0 Å². The van der Waals surface area contributed by atoms with Crippen LogP contribution in [-0.2, 0) is 6.54 Å². The minimum Gasteiger partial charge on any atom is -0.366 e. The van der Waals surface area contributed by atoms with E-state index < -0.39 is 5.91 Å². The summed E-state index contributed by atoms with van der Waals surface area (Å²) in [5.74, 6) is 0.284. The number of hydrogen-bond acceptors (Lipinski definition) is 2. The molecule has 0 saturated heterocycles. The number of carbonyl (C=O) groups excluding carboxylic acids is 1. The van der Waals surface area contributed by atoms with E-state index in [9.17, 15) is 4.79 Å². The molecule has 2 rings (SSSR count). The molecule has 3 N–H and O–H groups in total. The Morgan fingerprint density at radius 1 is 1.21 bits per heavy atom. The third kappa shape index (κ3) is 4.83. The Balaban J connectivity index is 2.13. The monoisotopic (exact) mass is 344 g/mol. The molecule has 0 radical (unpaired) electrons. The van der Waals surface area contributed by atoms with Gasteiger partial charge in [0.05, 0.1) is 0 Å². The van der Waals surface area contributed by atoms with Crippen molar-refractivity contribution in [3.05, 3.63) is 58.1 Å². The second kappa shape index (κ2) is 8.32. The van der Waals surface area contributed by atoms with Crippen molar-refractivity contribution in [1.82, 2.24) is 5.32 Å². The number of aryl methyl sites for hydroxylation is 1. The van der Waals surface area contributed by atoms with Gasteiger partial charge in [-0.1, -0.05) is 43.6 Å². The molecule has 128 valence electrons. The number of primary amides is 1. The molecule has 2 aromatic rings. The SMILES string of the molecule is Cc1cc(C(N)=O)ccc1-c1ccc(CNCCC(C)C)c(Cl)c1. The van der Waals surface area contributed by atoms with Crippen molar-refractivity contribution in [3.8, 4) is 11.1 Å². The molecule has 0 aliphatic rings. The molecule has 0 saturated carbocycles. The van der Waals surface area contributed by atoms with Crippen LogP contribution in [0.1, 0.15) is 41.8 Å². The van der Waals surface area contributed by atoms with E-state index in [-0.39, 0.29) is 0 Å². The van der Waals surface area contributed by atoms with E-state index in [0.717, 1.165) is 46.8 Å². The molecule has 0 aliphatic carbocycles. The largest absolute Gasteiger partial charge is 0.366 e. The van der Waals surface area contributed by atoms with Crippen molar-refractivity contribution in [3.63, 3.8) is 0 Å². The van der Waals surface area contributed by atoms with Gasteiger partial charge in [-0.15, -0.1) is 0 Å². The van der Waals surface area contributed by atoms with Crippen LogP contribution in [0.25, 0.3) is 11.1 Å². The topological polar surface area (TPSA) is 55.1 Å². The van der Waals surface area contributed by atoms with Crippen molar-refractivity contribution in [1.29, 1.82) is 0 Å². The fourth-order valence-corrected chi connectivity index (χ4v) is 2.86. The van der Waals surface area contributed by atoms with E-state index in [1.165, 1.54) is 0 Å². The fourth-order valence-electron chi connectivity index (χ4n) is 2.61. The van der Waals surface area contributed by atoms with Gasteiger partial charge in [0.15, 0.2) is 0 Å². The number of halogens is 1. The maximum Gasteiger partial charge on any atom is 0.248 e. The van der Waals surface area contributed by atoms with Crippen LogP contribution in [-0.4, -0.2) is 12.5 Å². The number of hydrogen-bond donors (Lipinski definition) is 2. The van der Waals surface area contributed by atoms with Crippen molar-refractivity contribution in [2.75, 3.05) is 6.54 Å². The van der Waals surface area contributed by atoms with Gasteiger partial charge in [0, 0.05) is 17.1 Å². The molecule has 0 spiro atoms. The highest BCUT2D eigenvalue weighted by Crippen LogP contribution is 2.28. The molecule has 3 nitrogen and oxygen atoms in total. The van der Waals surface area contributed by atoms with Crippen molar-refractivity contribution in [2.45, 2.75) is 33.7 Å². The van der Waals surface area contributed by atoms with Gasteiger partial charge in [0.2, 0.25) is 5.91 Å². The number of carbonyl (C=O) groups is 1. The van der Waals surface area contributed by atoms with Gasteiger partial charge < -0.3 is 11.1 Å². The number of rotatable bonds is 7. The van der Waals surface area contributed by atoms with E-state index >= 15 is 0 Å². The first kappa shape index (κ1) is 18.5. The van der Waals surface area contributed by atoms with Crippen LogP contribution in [0, 0.1) is 12.8 Å². The van der Waals surface area contributed by atoms with Gasteiger partial charge in [-0.3, -0.25) is 4.79 Å². The van der Waals surface area contributed by atoms with Crippen LogP contribution in [0.15, 0.2) is 36.4 Å². The second-order valence-corrected chi connectivity index (χ2v) is 6.97. The number of nitrogens with one attached hydrogen (secondary N) is 1. The molecule has 0 heterocycles. The minimum atomic E-state index is -0.412. The van der Waals surface area contributed by atoms with Gasteiger partial charge in [-0.05, 0) is 66.3 Å². The van der Waals surface area contributed by atoms with Gasteiger partial charge >= 0.3 is 0 Å². The first-order valence-electron chi connectivity index (χ1n) is 8.28. The number of amides is 1. The van der Waals surface area contributed by atoms with Gasteiger partial charge in [0.25, 0.3) is 0 Å². The van der Waals surface area contributed by atoms with Crippen molar-refractivity contribution >= 4 is 17.5 Å². The maximum absolute atomic E-state index is 11.3. The molecule has 2 aromatic carbocycles. The first-order chi connectivity index (χ1) is 11.4. The average molecular weight is 345 g/mol. The molecular formula is C20H25ClN2O. The molecule has 0 atom stereocenters. The summed E-state index contributed by atoms with van der Waals surface area (Å²) in [6.07, 6.45) is 1.15. The summed E-state index contributed by atoms with van der Waals surface area (Å²) in [6.45, 7) is 8.16. The van der Waals surface area contributed by atoms with Gasteiger partial charge in [-0.25, -0.2) is 0 Å². The predicted molar refractivity (Wildman–Crippen MR) is 101 cm³/mol. The summed E-state index contributed by atoms with van der Waals surface area (Å²) >= 11 is 6.44. The van der Waals surface area contributed by atoms with Crippen LogP contribution in [0.2, 0.25) is 5.02 Å². The fraction of sp³-hybridized carbons (Fsp3) is 0.350. The van der Waals surface area contributed by atoms with E-state index in [1.807, 2.05) is 25.1 Å². The lowest BCUT2D eigenvalue weighted by molar-refractivity contribution is 0.1000. The Hall–Kier alpha value is -1.84. The standard InChI is InChI=1S/C20H25ClN2O/c1-13(2)8-9-23-12-17-5-4-15(11-19(17)21)18-7-6-16(20(22)24)10-14(18)3/h4-7,10-11,13,23H,8-9,12H2,1-3H3,(H2,22,24). The summed E-state index contributed by atoms with van der Waals surface area (Å²) in [5.41, 5.74) is 10.0. The predicted octanol–water partition coefficient (Wildman–Crippen LogP) is 4.55. The van der Waals surface area contributed by atoms with Crippen molar-refractivity contribution < 1.29 is 4.79 Å². The number of benzene rings is 2. The smallest absolute Gasteiger partial charge is 0.248 e. The highest BCUT2D eigenvalue weighted by atomic mass is 35.5. The lowest BCUT2D eigenvalue weighted by Gasteiger charge is -2.12. The maximum atomic E-state index is 11.3. The molecule has 0 aromatic heterocycles. The van der Waals surface area contributed by atoms with E-state index in [1.54, 1.807) is 6.07 Å². The summed E-state index contributed by atoms with van der Waals surface area (Å²) in [6, 6.07) is 11.6. The Morgan fingerprint density at radius 3 is 2.54 bits per heavy atom. The number of nitrogens with two attached hydrogens (primary N) is 1. The summed E-state index contributed by atoms with van der Waals surface area (Å²) in [7, 11) is 0. The quantitative estimate of drug-likeness (QED) is 0.724. The van der Waals surface area contributed by atoms with E-state index in [4.69, 9.17) is 17.3 Å². The summed E-state index contributed by atoms with van der Waals surface area (Å²) < 4.78 is 0. The lowest BCUT2D eigenvalue weighted by atomic mass is 9.97. The molecule has 1 amide bonds. The van der Waals surface area contributed by atoms with Gasteiger partial charge in [-0.2, -0.15) is 0 Å². The zero-order valence-electron chi connectivity index (χ0n) is 14.5. The first-order valence-corrected chi connectivity index (χ1v) is 8.66. The Kier molecular flexibility index (Phi) is 6.41. The van der Waals surface area contributed by atoms with Crippen molar-refractivity contribution in [2.24, 2.45) is 11.7 Å². The molecule has 0 bridgehead atoms. The van der Waals surface area contributed by atoms with E-state index in [0.29, 0.717) is 11.5 Å². The molecule has 0 fully saturated rings. The molecule has 24 heavy (non-hydrogen) atoms. The second-order valence-electron chi connectivity index (χ2n) is 6.56. The normalized spacial score (nSPS) is 11.0. The molecule has 0 aliphatic heterocycles. The zero-order chi connectivity index (χ0) is 17.7. The van der Waals surface area contributed by atoms with Crippen LogP contribution in [0.4, 0.5) is 0 Å². The molecular weight excluding hydrogens is 320 g/mol. The summed E-state index contributed by atoms with van der Waals surface area (Å²) in [4.78, 5) is 11.3. The summed E-state index contributed by atoms with van der Waals surface area (Å²) in [5, 5.41) is 4.18. The lowest BCUT2D eigenvalue weighted by Crippen LogP contribution is -2.16. The Labute approximate surface area is 149 Å². The van der Waals surface area contributed by atoms with Crippen LogP contribution < -0.4 is 11.1 Å². The Morgan fingerprint density at radius 2 is 1.96 bits per heavy atom. The van der Waals surface area contributed by atoms with Crippen LogP contribution >= 0.6 is 11.6 Å². The zero-order valence-corrected chi connectivity index (χ0v) is 15.3. The third-order valence-electron chi connectivity index (χ3n) is 4.09. The molecule has 0 unspecified atom stereocenters. The van der Waals surface area contributed by atoms with E-state index in [2.05, 4.69) is 31.3 Å². The highest BCUT2D eigenvalue weighted by molar-refractivity contribution is 6.31. The average Bonchev–Trinajstić information content (AvgIpc) is 2.52. The third-order valence-corrected chi connectivity index (χ3v) is 4.44. The van der Waals surface area contributed by atoms with Crippen LogP contribution in [0.5, 0.6) is 0 Å². The van der Waals surface area contributed by atoms with Gasteiger partial charge in [0.1, 0.15) is 0 Å². The minimum absolute atomic E-state index is 0.412. The Bertz CT molecular complexity index is 726.